The van der Waals surface area contributed by atoms with E-state index in [9.17, 15) is 18.0 Å². The summed E-state index contributed by atoms with van der Waals surface area (Å²) in [5.41, 5.74) is 0. The fourth-order valence-electron chi connectivity index (χ4n) is 4.07. The lowest BCUT2D eigenvalue weighted by atomic mass is 10.0. The molecule has 8 heteroatoms. The lowest BCUT2D eigenvalue weighted by Crippen LogP contribution is -2.32. The van der Waals surface area contributed by atoms with Crippen molar-refractivity contribution >= 4 is 21.8 Å². The lowest BCUT2D eigenvalue weighted by molar-refractivity contribution is -0.121. The van der Waals surface area contributed by atoms with Crippen LogP contribution >= 0.6 is 0 Å². The van der Waals surface area contributed by atoms with Crippen molar-refractivity contribution in [1.82, 2.24) is 10.0 Å². The van der Waals surface area contributed by atoms with Gasteiger partial charge in [-0.15, -0.1) is 0 Å². The summed E-state index contributed by atoms with van der Waals surface area (Å²) in [6.07, 6.45) is 21.2. The molecule has 0 saturated carbocycles. The number of unbranched alkanes of at least 4 members (excludes halogenated alkanes) is 16. The third-order valence-electron chi connectivity index (χ3n) is 6.22. The Morgan fingerprint density at radius 1 is 0.629 bits per heavy atom. The number of amides is 2. The van der Waals surface area contributed by atoms with E-state index in [1.807, 2.05) is 0 Å². The number of ether oxygens (including phenoxy) is 1. The van der Waals surface area contributed by atoms with Gasteiger partial charge in [0.05, 0.1) is 12.4 Å². The molecule has 35 heavy (non-hydrogen) atoms. The summed E-state index contributed by atoms with van der Waals surface area (Å²) in [5.74, 6) is -0.540. The number of rotatable bonds is 26. The van der Waals surface area contributed by atoms with E-state index in [-0.39, 0.29) is 18.1 Å². The predicted octanol–water partition coefficient (Wildman–Crippen LogP) is 6.02. The van der Waals surface area contributed by atoms with Crippen molar-refractivity contribution in [2.24, 2.45) is 0 Å². The number of hydrogen-bond acceptors (Lipinski definition) is 5. The highest BCUT2D eigenvalue weighted by molar-refractivity contribution is 7.90. The minimum absolute atomic E-state index is 0.0540. The lowest BCUT2D eigenvalue weighted by Gasteiger charge is -2.07. The zero-order valence-electron chi connectivity index (χ0n) is 22.7. The summed E-state index contributed by atoms with van der Waals surface area (Å²) in [6, 6.07) is 0. The Hall–Kier alpha value is -1.15. The first-order valence-corrected chi connectivity index (χ1v) is 15.9. The van der Waals surface area contributed by atoms with Gasteiger partial charge >= 0.3 is 0 Å². The summed E-state index contributed by atoms with van der Waals surface area (Å²) in [4.78, 5) is 23.5. The Balaban J connectivity index is 3.52. The quantitative estimate of drug-likeness (QED) is 0.136. The molecule has 0 aliphatic heterocycles. The molecule has 208 valence electrons. The molecule has 0 aromatic heterocycles. The summed E-state index contributed by atoms with van der Waals surface area (Å²) in [6.45, 7) is 3.21. The van der Waals surface area contributed by atoms with E-state index < -0.39 is 15.9 Å². The fourth-order valence-corrected chi connectivity index (χ4v) is 5.20. The average molecular weight is 519 g/mol. The Labute approximate surface area is 216 Å². The number of methoxy groups -OCH3 is 1. The second-order valence-corrected chi connectivity index (χ2v) is 11.5. The van der Waals surface area contributed by atoms with E-state index in [0.29, 0.717) is 38.8 Å². The van der Waals surface area contributed by atoms with Gasteiger partial charge in [-0.2, -0.15) is 0 Å². The van der Waals surface area contributed by atoms with Gasteiger partial charge in [0.2, 0.25) is 21.8 Å². The van der Waals surface area contributed by atoms with Crippen LogP contribution in [0.2, 0.25) is 0 Å². The molecule has 2 N–H and O–H groups in total. The van der Waals surface area contributed by atoms with Crippen LogP contribution in [0.15, 0.2) is 0 Å². The van der Waals surface area contributed by atoms with Crippen LogP contribution in [-0.2, 0) is 24.3 Å². The van der Waals surface area contributed by atoms with Gasteiger partial charge in [0.1, 0.15) is 0 Å². The van der Waals surface area contributed by atoms with Gasteiger partial charge < -0.3 is 10.1 Å². The first kappa shape index (κ1) is 33.8. The number of sulfonamides is 1. The van der Waals surface area contributed by atoms with E-state index in [1.54, 1.807) is 7.11 Å². The molecule has 0 aliphatic rings. The maximum atomic E-state index is 12.0. The molecule has 0 aromatic rings. The van der Waals surface area contributed by atoms with E-state index in [2.05, 4.69) is 17.0 Å². The standard InChI is InChI=1S/C27H54N2O5S/c1-3-4-5-6-7-8-9-10-11-12-13-14-15-16-18-22-27(31)29-35(32,33)25-20-17-19-21-26(30)28-23-24-34-2/h3-25H2,1-2H3,(H,28,30)(H,29,31). The average Bonchev–Trinajstić information content (AvgIpc) is 2.81. The van der Waals surface area contributed by atoms with Crippen molar-refractivity contribution in [2.75, 3.05) is 26.0 Å². The molecule has 0 bridgehead atoms. The zero-order chi connectivity index (χ0) is 26.0. The van der Waals surface area contributed by atoms with Gasteiger partial charge in [0.25, 0.3) is 0 Å². The van der Waals surface area contributed by atoms with Crippen molar-refractivity contribution in [3.05, 3.63) is 0 Å². The number of carbonyl (C=O) groups excluding carboxylic acids is 2. The second kappa shape index (κ2) is 24.5. The number of nitrogens with one attached hydrogen (secondary N) is 2. The molecule has 0 heterocycles. The van der Waals surface area contributed by atoms with E-state index >= 15 is 0 Å². The molecule has 0 rings (SSSR count). The van der Waals surface area contributed by atoms with Crippen molar-refractivity contribution in [2.45, 2.75) is 135 Å². The molecule has 7 nitrogen and oxygen atoms in total. The Morgan fingerprint density at radius 2 is 1.06 bits per heavy atom. The Bertz CT molecular complexity index is 611. The number of hydrogen-bond donors (Lipinski definition) is 2. The van der Waals surface area contributed by atoms with Crippen molar-refractivity contribution in [3.63, 3.8) is 0 Å². The highest BCUT2D eigenvalue weighted by Gasteiger charge is 2.14. The summed E-state index contributed by atoms with van der Waals surface area (Å²) in [7, 11) is -2.01. The molecule has 0 atom stereocenters. The predicted molar refractivity (Wildman–Crippen MR) is 145 cm³/mol. The SMILES string of the molecule is CCCCCCCCCCCCCCCCCC(=O)NS(=O)(=O)CCCCCC(=O)NCCOC. The topological polar surface area (TPSA) is 102 Å². The maximum Gasteiger partial charge on any atom is 0.234 e. The van der Waals surface area contributed by atoms with Crippen LogP contribution in [0, 0.1) is 0 Å². The Morgan fingerprint density at radius 3 is 1.54 bits per heavy atom. The largest absolute Gasteiger partial charge is 0.383 e. The summed E-state index contributed by atoms with van der Waals surface area (Å²) < 4.78 is 31.1. The summed E-state index contributed by atoms with van der Waals surface area (Å²) >= 11 is 0. The van der Waals surface area contributed by atoms with Crippen LogP contribution in [0.4, 0.5) is 0 Å². The normalized spacial score (nSPS) is 11.5. The minimum atomic E-state index is -3.59. The first-order chi connectivity index (χ1) is 16.9. The molecule has 2 amide bonds. The first-order valence-electron chi connectivity index (χ1n) is 14.2. The van der Waals surface area contributed by atoms with Crippen LogP contribution in [0.1, 0.15) is 135 Å². The molecule has 0 unspecified atom stereocenters. The molecular weight excluding hydrogens is 464 g/mol. The fraction of sp³-hybridized carbons (Fsp3) is 0.926. The van der Waals surface area contributed by atoms with Crippen LogP contribution in [0.25, 0.3) is 0 Å². The van der Waals surface area contributed by atoms with Crippen LogP contribution < -0.4 is 10.0 Å². The van der Waals surface area contributed by atoms with Gasteiger partial charge in [-0.25, -0.2) is 8.42 Å². The van der Waals surface area contributed by atoms with Crippen molar-refractivity contribution in [1.29, 1.82) is 0 Å². The minimum Gasteiger partial charge on any atom is -0.383 e. The molecular formula is C27H54N2O5S. The number of carbonyl (C=O) groups is 2. The molecule has 0 fully saturated rings. The van der Waals surface area contributed by atoms with E-state index in [4.69, 9.17) is 4.74 Å². The van der Waals surface area contributed by atoms with E-state index in [1.165, 1.54) is 77.0 Å². The maximum absolute atomic E-state index is 12.0. The van der Waals surface area contributed by atoms with Crippen molar-refractivity contribution in [3.8, 4) is 0 Å². The van der Waals surface area contributed by atoms with Crippen LogP contribution in [0.5, 0.6) is 0 Å². The van der Waals surface area contributed by atoms with Gasteiger partial charge in [-0.05, 0) is 19.3 Å². The van der Waals surface area contributed by atoms with Gasteiger partial charge in [-0.3, -0.25) is 14.3 Å². The Kier molecular flexibility index (Phi) is 23.7. The third-order valence-corrected chi connectivity index (χ3v) is 7.59. The van der Waals surface area contributed by atoms with Crippen LogP contribution in [-0.4, -0.2) is 46.2 Å². The highest BCUT2D eigenvalue weighted by Crippen LogP contribution is 2.13. The van der Waals surface area contributed by atoms with E-state index in [0.717, 1.165) is 19.3 Å². The van der Waals surface area contributed by atoms with Gasteiger partial charge in [0, 0.05) is 26.5 Å². The van der Waals surface area contributed by atoms with Gasteiger partial charge in [0.15, 0.2) is 0 Å². The molecule has 0 spiro atoms. The van der Waals surface area contributed by atoms with Crippen LogP contribution in [0.3, 0.4) is 0 Å². The second-order valence-electron chi connectivity index (χ2n) is 9.70. The smallest absolute Gasteiger partial charge is 0.234 e. The monoisotopic (exact) mass is 518 g/mol. The zero-order valence-corrected chi connectivity index (χ0v) is 23.5. The van der Waals surface area contributed by atoms with Crippen molar-refractivity contribution < 1.29 is 22.7 Å². The summed E-state index contributed by atoms with van der Waals surface area (Å²) in [5, 5.41) is 2.73. The highest BCUT2D eigenvalue weighted by atomic mass is 32.2. The molecule has 0 radical (unpaired) electrons. The molecule has 0 aliphatic carbocycles. The van der Waals surface area contributed by atoms with Gasteiger partial charge in [-0.1, -0.05) is 103 Å². The third kappa shape index (κ3) is 25.7. The molecule has 0 aromatic carbocycles. The molecule has 0 saturated heterocycles.